The molecule has 1 unspecified atom stereocenters. The highest BCUT2D eigenvalue weighted by atomic mass is 15.2. The fourth-order valence-electron chi connectivity index (χ4n) is 2.49. The second-order valence-electron chi connectivity index (χ2n) is 4.85. The zero-order valence-electron chi connectivity index (χ0n) is 10.3. The lowest BCUT2D eigenvalue weighted by atomic mass is 10.0. The molecule has 1 aromatic rings. The third-order valence-corrected chi connectivity index (χ3v) is 3.44. The first kappa shape index (κ1) is 11.2. The maximum Gasteiger partial charge on any atom is 0.137 e. The van der Waals surface area contributed by atoms with E-state index in [4.69, 9.17) is 5.73 Å². The molecule has 1 fully saturated rings. The number of rotatable bonds is 2. The minimum absolute atomic E-state index is 0.591. The molecule has 1 aliphatic rings. The quantitative estimate of drug-likeness (QED) is 0.828. The van der Waals surface area contributed by atoms with Gasteiger partial charge in [-0.1, -0.05) is 13.8 Å². The molecule has 1 saturated heterocycles. The Morgan fingerprint density at radius 3 is 2.88 bits per heavy atom. The van der Waals surface area contributed by atoms with Gasteiger partial charge in [0.2, 0.25) is 0 Å². The highest BCUT2D eigenvalue weighted by Crippen LogP contribution is 2.31. The fraction of sp³-hybridized carbons (Fsp3) is 0.667. The van der Waals surface area contributed by atoms with E-state index in [0.29, 0.717) is 17.8 Å². The van der Waals surface area contributed by atoms with E-state index in [-0.39, 0.29) is 0 Å². The zero-order chi connectivity index (χ0) is 11.7. The van der Waals surface area contributed by atoms with Crippen LogP contribution in [0.25, 0.3) is 0 Å². The van der Waals surface area contributed by atoms with Crippen molar-refractivity contribution in [2.45, 2.75) is 39.7 Å². The van der Waals surface area contributed by atoms with E-state index in [9.17, 15) is 0 Å². The van der Waals surface area contributed by atoms with Crippen LogP contribution in [-0.4, -0.2) is 22.6 Å². The van der Waals surface area contributed by atoms with Crippen molar-refractivity contribution in [1.82, 2.24) is 9.97 Å². The number of hydrogen-bond acceptors (Lipinski definition) is 4. The van der Waals surface area contributed by atoms with Crippen molar-refractivity contribution in [3.8, 4) is 0 Å². The molecule has 4 nitrogen and oxygen atoms in total. The van der Waals surface area contributed by atoms with Gasteiger partial charge in [-0.3, -0.25) is 0 Å². The van der Waals surface area contributed by atoms with Gasteiger partial charge in [0.15, 0.2) is 0 Å². The smallest absolute Gasteiger partial charge is 0.137 e. The third kappa shape index (κ3) is 1.84. The van der Waals surface area contributed by atoms with Gasteiger partial charge in [0, 0.05) is 18.2 Å². The van der Waals surface area contributed by atoms with Crippen LogP contribution >= 0.6 is 0 Å². The predicted octanol–water partition coefficient (Wildman–Crippen LogP) is 1.99. The summed E-state index contributed by atoms with van der Waals surface area (Å²) in [6.45, 7) is 7.62. The Labute approximate surface area is 96.9 Å². The highest BCUT2D eigenvalue weighted by molar-refractivity contribution is 5.56. The summed E-state index contributed by atoms with van der Waals surface area (Å²) in [7, 11) is 0. The average Bonchev–Trinajstić information content (AvgIpc) is 2.70. The topological polar surface area (TPSA) is 55.0 Å². The highest BCUT2D eigenvalue weighted by Gasteiger charge is 2.29. The molecule has 88 valence electrons. The SMILES string of the molecule is Cc1c(N)ncnc1N1CCCC1C(C)C. The monoisotopic (exact) mass is 220 g/mol. The summed E-state index contributed by atoms with van der Waals surface area (Å²) in [6.07, 6.45) is 4.06. The standard InChI is InChI=1S/C12H20N4/c1-8(2)10-5-4-6-16(10)12-9(3)11(13)14-7-15-12/h7-8,10H,4-6H2,1-3H3,(H2,13,14,15). The Kier molecular flexibility index (Phi) is 2.99. The van der Waals surface area contributed by atoms with Gasteiger partial charge in [-0.25, -0.2) is 9.97 Å². The second kappa shape index (κ2) is 4.28. The van der Waals surface area contributed by atoms with Crippen molar-refractivity contribution in [2.75, 3.05) is 17.2 Å². The lowest BCUT2D eigenvalue weighted by molar-refractivity contribution is 0.489. The van der Waals surface area contributed by atoms with Gasteiger partial charge in [0.1, 0.15) is 18.0 Å². The number of nitrogens with two attached hydrogens (primary N) is 1. The molecular formula is C12H20N4. The summed E-state index contributed by atoms with van der Waals surface area (Å²) >= 11 is 0. The third-order valence-electron chi connectivity index (χ3n) is 3.44. The maximum absolute atomic E-state index is 5.83. The number of nitrogen functional groups attached to an aromatic ring is 1. The van der Waals surface area contributed by atoms with Crippen LogP contribution in [0.4, 0.5) is 11.6 Å². The van der Waals surface area contributed by atoms with Gasteiger partial charge in [-0.05, 0) is 25.7 Å². The van der Waals surface area contributed by atoms with Crippen molar-refractivity contribution in [3.63, 3.8) is 0 Å². The molecule has 4 heteroatoms. The van der Waals surface area contributed by atoms with Crippen molar-refractivity contribution in [1.29, 1.82) is 0 Å². The Hall–Kier alpha value is -1.32. The Bertz CT molecular complexity index is 375. The second-order valence-corrected chi connectivity index (χ2v) is 4.85. The van der Waals surface area contributed by atoms with E-state index >= 15 is 0 Å². The molecule has 0 bridgehead atoms. The van der Waals surface area contributed by atoms with Gasteiger partial charge in [0.25, 0.3) is 0 Å². The van der Waals surface area contributed by atoms with Crippen LogP contribution in [0.3, 0.4) is 0 Å². The van der Waals surface area contributed by atoms with E-state index in [1.807, 2.05) is 6.92 Å². The number of aromatic nitrogens is 2. The molecule has 2 heterocycles. The number of anilines is 2. The molecule has 0 radical (unpaired) electrons. The Morgan fingerprint density at radius 2 is 2.19 bits per heavy atom. The summed E-state index contributed by atoms with van der Waals surface area (Å²) in [5.74, 6) is 2.26. The minimum atomic E-state index is 0.591. The van der Waals surface area contributed by atoms with Crippen molar-refractivity contribution in [3.05, 3.63) is 11.9 Å². The van der Waals surface area contributed by atoms with Crippen LogP contribution in [0, 0.1) is 12.8 Å². The molecule has 1 atom stereocenters. The van der Waals surface area contributed by atoms with Crippen LogP contribution in [0.15, 0.2) is 6.33 Å². The Balaban J connectivity index is 2.33. The van der Waals surface area contributed by atoms with Gasteiger partial charge in [-0.2, -0.15) is 0 Å². The van der Waals surface area contributed by atoms with Crippen LogP contribution < -0.4 is 10.6 Å². The van der Waals surface area contributed by atoms with Gasteiger partial charge >= 0.3 is 0 Å². The minimum Gasteiger partial charge on any atom is -0.383 e. The van der Waals surface area contributed by atoms with Crippen LogP contribution in [0.1, 0.15) is 32.3 Å². The van der Waals surface area contributed by atoms with E-state index in [1.165, 1.54) is 12.8 Å². The summed E-state index contributed by atoms with van der Waals surface area (Å²) < 4.78 is 0. The van der Waals surface area contributed by atoms with Gasteiger partial charge in [0.05, 0.1) is 0 Å². The first-order valence-corrected chi connectivity index (χ1v) is 5.95. The zero-order valence-corrected chi connectivity index (χ0v) is 10.3. The molecule has 1 aromatic heterocycles. The first-order chi connectivity index (χ1) is 7.61. The summed E-state index contributed by atoms with van der Waals surface area (Å²) in [5.41, 5.74) is 6.84. The van der Waals surface area contributed by atoms with Gasteiger partial charge in [-0.15, -0.1) is 0 Å². The summed E-state index contributed by atoms with van der Waals surface area (Å²) in [5, 5.41) is 0. The first-order valence-electron chi connectivity index (χ1n) is 5.95. The molecule has 0 aliphatic carbocycles. The average molecular weight is 220 g/mol. The molecule has 2 N–H and O–H groups in total. The fourth-order valence-corrected chi connectivity index (χ4v) is 2.49. The van der Waals surface area contributed by atoms with Crippen molar-refractivity contribution < 1.29 is 0 Å². The molecule has 16 heavy (non-hydrogen) atoms. The maximum atomic E-state index is 5.83. The van der Waals surface area contributed by atoms with Crippen LogP contribution in [-0.2, 0) is 0 Å². The lowest BCUT2D eigenvalue weighted by Gasteiger charge is -2.29. The molecule has 1 aliphatic heterocycles. The molecule has 0 aromatic carbocycles. The molecular weight excluding hydrogens is 200 g/mol. The summed E-state index contributed by atoms with van der Waals surface area (Å²) in [4.78, 5) is 10.8. The molecule has 2 rings (SSSR count). The van der Waals surface area contributed by atoms with E-state index in [1.54, 1.807) is 6.33 Å². The molecule has 0 saturated carbocycles. The van der Waals surface area contributed by atoms with Crippen molar-refractivity contribution >= 4 is 11.6 Å². The summed E-state index contributed by atoms with van der Waals surface area (Å²) in [6, 6.07) is 0.591. The lowest BCUT2D eigenvalue weighted by Crippen LogP contribution is -2.34. The van der Waals surface area contributed by atoms with Gasteiger partial charge < -0.3 is 10.6 Å². The van der Waals surface area contributed by atoms with Crippen LogP contribution in [0.5, 0.6) is 0 Å². The molecule has 0 amide bonds. The van der Waals surface area contributed by atoms with Crippen LogP contribution in [0.2, 0.25) is 0 Å². The normalized spacial score (nSPS) is 20.8. The van der Waals surface area contributed by atoms with Crippen molar-refractivity contribution in [2.24, 2.45) is 5.92 Å². The number of nitrogens with zero attached hydrogens (tertiary/aromatic N) is 3. The van der Waals surface area contributed by atoms with E-state index in [0.717, 1.165) is 17.9 Å². The Morgan fingerprint density at radius 1 is 1.44 bits per heavy atom. The number of hydrogen-bond donors (Lipinski definition) is 1. The largest absolute Gasteiger partial charge is 0.383 e. The molecule has 0 spiro atoms. The predicted molar refractivity (Wildman–Crippen MR) is 66.4 cm³/mol. The van der Waals surface area contributed by atoms with E-state index in [2.05, 4.69) is 28.7 Å². The van der Waals surface area contributed by atoms with E-state index < -0.39 is 0 Å².